The SMILES string of the molecule is O=C(CN1CC(c2ccccc2)CC1=O)N/N=C/c1cc([N+](=O)[O-])c(Cl)cc1Cl. The van der Waals surface area contributed by atoms with Crippen molar-refractivity contribution in [2.24, 2.45) is 5.10 Å². The minimum Gasteiger partial charge on any atom is -0.333 e. The van der Waals surface area contributed by atoms with Crippen molar-refractivity contribution in [3.05, 3.63) is 73.8 Å². The molecule has 2 aromatic carbocycles. The first-order valence-corrected chi connectivity index (χ1v) is 9.39. The Kier molecular flexibility index (Phi) is 6.46. The van der Waals surface area contributed by atoms with Gasteiger partial charge in [0.2, 0.25) is 5.91 Å². The van der Waals surface area contributed by atoms with Crippen molar-refractivity contribution < 1.29 is 14.5 Å². The molecular weight excluding hydrogens is 419 g/mol. The number of nitrogens with zero attached hydrogens (tertiary/aromatic N) is 3. The Morgan fingerprint density at radius 2 is 2.00 bits per heavy atom. The van der Waals surface area contributed by atoms with E-state index in [9.17, 15) is 19.7 Å². The lowest BCUT2D eigenvalue weighted by Crippen LogP contribution is -2.36. The predicted octanol–water partition coefficient (Wildman–Crippen LogP) is 3.37. The third kappa shape index (κ3) is 5.10. The number of nitro groups is 1. The first kappa shape index (κ1) is 20.8. The van der Waals surface area contributed by atoms with E-state index < -0.39 is 10.8 Å². The highest BCUT2D eigenvalue weighted by atomic mass is 35.5. The van der Waals surface area contributed by atoms with Crippen LogP contribution in [0.1, 0.15) is 23.5 Å². The van der Waals surface area contributed by atoms with E-state index in [4.69, 9.17) is 23.2 Å². The fourth-order valence-electron chi connectivity index (χ4n) is 3.05. The van der Waals surface area contributed by atoms with Crippen LogP contribution in [0.2, 0.25) is 10.0 Å². The van der Waals surface area contributed by atoms with Gasteiger partial charge in [-0.3, -0.25) is 19.7 Å². The van der Waals surface area contributed by atoms with Crippen molar-refractivity contribution in [1.29, 1.82) is 0 Å². The van der Waals surface area contributed by atoms with E-state index in [1.807, 2.05) is 30.3 Å². The van der Waals surface area contributed by atoms with Gasteiger partial charge in [0.05, 0.1) is 16.2 Å². The van der Waals surface area contributed by atoms with Crippen LogP contribution in [0.25, 0.3) is 0 Å². The number of carbonyl (C=O) groups is 2. The van der Waals surface area contributed by atoms with Crippen LogP contribution < -0.4 is 5.43 Å². The maximum atomic E-state index is 12.2. The summed E-state index contributed by atoms with van der Waals surface area (Å²) in [5.41, 5.74) is 3.26. The summed E-state index contributed by atoms with van der Waals surface area (Å²) in [6.07, 6.45) is 1.53. The smallest absolute Gasteiger partial charge is 0.288 e. The molecule has 10 heteroatoms. The molecule has 1 saturated heterocycles. The maximum absolute atomic E-state index is 12.2. The molecule has 1 fully saturated rings. The molecule has 1 atom stereocenters. The Balaban J connectivity index is 1.58. The minimum absolute atomic E-state index is 0.0495. The van der Waals surface area contributed by atoms with Crippen molar-refractivity contribution in [3.63, 3.8) is 0 Å². The van der Waals surface area contributed by atoms with Gasteiger partial charge in [-0.1, -0.05) is 53.5 Å². The summed E-state index contributed by atoms with van der Waals surface area (Å²) in [6.45, 7) is 0.323. The molecule has 0 aromatic heterocycles. The average Bonchev–Trinajstić information content (AvgIpc) is 3.04. The summed E-state index contributed by atoms with van der Waals surface area (Å²) in [7, 11) is 0. The first-order valence-electron chi connectivity index (χ1n) is 8.63. The molecule has 0 bridgehead atoms. The Labute approximate surface area is 176 Å². The van der Waals surface area contributed by atoms with Crippen LogP contribution in [0.15, 0.2) is 47.6 Å². The summed E-state index contributed by atoms with van der Waals surface area (Å²) < 4.78 is 0. The lowest BCUT2D eigenvalue weighted by Gasteiger charge is -2.15. The first-order chi connectivity index (χ1) is 13.8. The van der Waals surface area contributed by atoms with Gasteiger partial charge in [-0.15, -0.1) is 0 Å². The van der Waals surface area contributed by atoms with Crippen LogP contribution in [0, 0.1) is 10.1 Å². The van der Waals surface area contributed by atoms with Crippen LogP contribution >= 0.6 is 23.2 Å². The Hall–Kier alpha value is -2.97. The Bertz CT molecular complexity index is 982. The van der Waals surface area contributed by atoms with E-state index in [0.29, 0.717) is 13.0 Å². The number of hydrogen-bond donors (Lipinski definition) is 1. The van der Waals surface area contributed by atoms with Crippen molar-refractivity contribution in [3.8, 4) is 0 Å². The number of halogens is 2. The van der Waals surface area contributed by atoms with Gasteiger partial charge < -0.3 is 4.90 Å². The van der Waals surface area contributed by atoms with Crippen molar-refractivity contribution in [1.82, 2.24) is 10.3 Å². The summed E-state index contributed by atoms with van der Waals surface area (Å²) in [5, 5.41) is 14.8. The highest BCUT2D eigenvalue weighted by Gasteiger charge is 2.31. The highest BCUT2D eigenvalue weighted by Crippen LogP contribution is 2.30. The number of amides is 2. The van der Waals surface area contributed by atoms with Crippen molar-refractivity contribution >= 4 is 46.9 Å². The van der Waals surface area contributed by atoms with Crippen LogP contribution in [0.4, 0.5) is 5.69 Å². The molecule has 29 heavy (non-hydrogen) atoms. The van der Waals surface area contributed by atoms with E-state index in [-0.39, 0.29) is 39.7 Å². The molecule has 1 aliphatic heterocycles. The molecule has 1 N–H and O–H groups in total. The molecule has 1 aliphatic rings. The average molecular weight is 435 g/mol. The zero-order valence-corrected chi connectivity index (χ0v) is 16.6. The van der Waals surface area contributed by atoms with Gasteiger partial charge >= 0.3 is 0 Å². The third-order valence-electron chi connectivity index (χ3n) is 4.48. The minimum atomic E-state index is -0.642. The highest BCUT2D eigenvalue weighted by molar-refractivity contribution is 6.37. The van der Waals surface area contributed by atoms with Gasteiger partial charge in [-0.25, -0.2) is 5.43 Å². The van der Waals surface area contributed by atoms with Gasteiger partial charge in [0.15, 0.2) is 0 Å². The molecule has 0 radical (unpaired) electrons. The quantitative estimate of drug-likeness (QED) is 0.427. The van der Waals surface area contributed by atoms with E-state index in [0.717, 1.165) is 11.6 Å². The second kappa shape index (κ2) is 9.02. The predicted molar refractivity (Wildman–Crippen MR) is 109 cm³/mol. The van der Waals surface area contributed by atoms with Gasteiger partial charge in [0.1, 0.15) is 11.6 Å². The molecule has 3 rings (SSSR count). The molecule has 1 heterocycles. The van der Waals surface area contributed by atoms with E-state index in [1.165, 1.54) is 17.2 Å². The maximum Gasteiger partial charge on any atom is 0.288 e. The molecule has 150 valence electrons. The van der Waals surface area contributed by atoms with Gasteiger partial charge in [0.25, 0.3) is 11.6 Å². The van der Waals surface area contributed by atoms with E-state index >= 15 is 0 Å². The van der Waals surface area contributed by atoms with Crippen molar-refractivity contribution in [2.75, 3.05) is 13.1 Å². The summed E-state index contributed by atoms with van der Waals surface area (Å²) in [6, 6.07) is 12.0. The molecule has 2 aromatic rings. The number of nitro benzene ring substituents is 1. The third-order valence-corrected chi connectivity index (χ3v) is 5.11. The molecule has 0 aliphatic carbocycles. The number of hydrazone groups is 1. The van der Waals surface area contributed by atoms with Gasteiger partial charge in [0, 0.05) is 30.5 Å². The number of likely N-dealkylation sites (tertiary alicyclic amines) is 1. The molecule has 2 amide bonds. The van der Waals surface area contributed by atoms with Gasteiger partial charge in [-0.05, 0) is 11.6 Å². The number of carbonyl (C=O) groups excluding carboxylic acids is 2. The van der Waals surface area contributed by atoms with Crippen molar-refractivity contribution in [2.45, 2.75) is 12.3 Å². The lowest BCUT2D eigenvalue weighted by atomic mass is 9.99. The summed E-state index contributed by atoms with van der Waals surface area (Å²) in [4.78, 5) is 36.1. The van der Waals surface area contributed by atoms with E-state index in [2.05, 4.69) is 10.5 Å². The molecule has 1 unspecified atom stereocenters. The van der Waals surface area contributed by atoms with E-state index in [1.54, 1.807) is 0 Å². The zero-order valence-electron chi connectivity index (χ0n) is 15.0. The van der Waals surface area contributed by atoms with Crippen LogP contribution in [-0.2, 0) is 9.59 Å². The zero-order chi connectivity index (χ0) is 21.0. The lowest BCUT2D eigenvalue weighted by molar-refractivity contribution is -0.384. The number of hydrogen-bond acceptors (Lipinski definition) is 5. The standard InChI is InChI=1S/C19H16Cl2N4O4/c20-15-8-16(21)17(25(28)29)6-13(15)9-22-23-18(26)11-24-10-14(7-19(24)27)12-4-2-1-3-5-12/h1-6,8-9,14H,7,10-11H2,(H,23,26)/b22-9+. The number of nitrogens with one attached hydrogen (secondary N) is 1. The molecular formula is C19H16Cl2N4O4. The summed E-state index contributed by atoms with van der Waals surface area (Å²) in [5.74, 6) is -0.536. The summed E-state index contributed by atoms with van der Waals surface area (Å²) >= 11 is 11.8. The largest absolute Gasteiger partial charge is 0.333 e. The second-order valence-electron chi connectivity index (χ2n) is 6.46. The van der Waals surface area contributed by atoms with Crippen LogP contribution in [-0.4, -0.2) is 40.9 Å². The fraction of sp³-hybridized carbons (Fsp3) is 0.211. The Morgan fingerprint density at radius 1 is 1.28 bits per heavy atom. The fourth-order valence-corrected chi connectivity index (χ4v) is 3.55. The number of rotatable bonds is 6. The van der Waals surface area contributed by atoms with Crippen LogP contribution in [0.5, 0.6) is 0 Å². The second-order valence-corrected chi connectivity index (χ2v) is 7.28. The van der Waals surface area contributed by atoms with Gasteiger partial charge in [-0.2, -0.15) is 5.10 Å². The van der Waals surface area contributed by atoms with Crippen LogP contribution in [0.3, 0.4) is 0 Å². The monoisotopic (exact) mass is 434 g/mol. The molecule has 0 saturated carbocycles. The Morgan fingerprint density at radius 3 is 2.69 bits per heavy atom. The topological polar surface area (TPSA) is 105 Å². The molecule has 0 spiro atoms. The normalized spacial score (nSPS) is 16.4. The molecule has 8 nitrogen and oxygen atoms in total. The number of benzene rings is 2.